The van der Waals surface area contributed by atoms with Gasteiger partial charge in [0.15, 0.2) is 0 Å². The number of hydrogen-bond donors (Lipinski definition) is 1. The van der Waals surface area contributed by atoms with Crippen molar-refractivity contribution in [2.24, 2.45) is 0 Å². The first-order valence-corrected chi connectivity index (χ1v) is 11.4. The molecule has 0 saturated heterocycles. The summed E-state index contributed by atoms with van der Waals surface area (Å²) in [6, 6.07) is 11.1. The smallest absolute Gasteiger partial charge is 0.872 e. The molecular weight excluding hydrogens is 399 g/mol. The summed E-state index contributed by atoms with van der Waals surface area (Å²) in [4.78, 5) is -0.684. The zero-order valence-electron chi connectivity index (χ0n) is 17.4. The van der Waals surface area contributed by atoms with Gasteiger partial charge < -0.3 is 9.84 Å². The van der Waals surface area contributed by atoms with Crippen molar-refractivity contribution >= 4 is 10.1 Å². The first kappa shape index (κ1) is 26.0. The van der Waals surface area contributed by atoms with E-state index < -0.39 is 20.8 Å². The second-order valence-corrected chi connectivity index (χ2v) is 8.44. The number of hydrogen-bond acceptors (Lipinski definition) is 4. The van der Waals surface area contributed by atoms with Crippen LogP contribution in [0.3, 0.4) is 0 Å². The molecule has 5 nitrogen and oxygen atoms in total. The molecule has 0 aromatic heterocycles. The van der Waals surface area contributed by atoms with E-state index in [0.717, 1.165) is 25.0 Å². The van der Waals surface area contributed by atoms with Crippen LogP contribution in [0, 0.1) is 0 Å². The molecule has 0 radical (unpaired) electrons. The maximum absolute atomic E-state index is 11.5. The van der Waals surface area contributed by atoms with Crippen molar-refractivity contribution < 1.29 is 52.4 Å². The SMILES string of the molecule is CCCCCCCCCCc1ccc(Oc2ccc([O-])c(S(=O)(=O)O)c2)cc1.[Na+]. The standard InChI is InChI=1S/C22H30O5S.Na/c1-2-3-4-5-6-7-8-9-10-18-11-13-19(14-12-18)27-20-15-16-21(23)22(17-20)28(24,25)26;/h11-17,23H,2-10H2,1H3,(H,24,25,26);/q;+1/p-1. The molecule has 29 heavy (non-hydrogen) atoms. The van der Waals surface area contributed by atoms with Gasteiger partial charge in [-0.15, -0.1) is 0 Å². The van der Waals surface area contributed by atoms with Crippen LogP contribution in [0.1, 0.15) is 63.9 Å². The summed E-state index contributed by atoms with van der Waals surface area (Å²) < 4.78 is 37.1. The van der Waals surface area contributed by atoms with E-state index in [1.807, 2.05) is 24.3 Å². The van der Waals surface area contributed by atoms with Gasteiger partial charge in [-0.2, -0.15) is 8.42 Å². The summed E-state index contributed by atoms with van der Waals surface area (Å²) in [5.41, 5.74) is 1.23. The van der Waals surface area contributed by atoms with Gasteiger partial charge in [0.05, 0.1) is 4.90 Å². The fourth-order valence-corrected chi connectivity index (χ4v) is 3.66. The average Bonchev–Trinajstić information content (AvgIpc) is 2.66. The fourth-order valence-electron chi connectivity index (χ4n) is 3.08. The van der Waals surface area contributed by atoms with Crippen molar-refractivity contribution in [1.82, 2.24) is 0 Å². The summed E-state index contributed by atoms with van der Waals surface area (Å²) in [6.45, 7) is 2.23. The molecule has 2 rings (SSSR count). The Bertz CT molecular complexity index is 835. The van der Waals surface area contributed by atoms with Crippen molar-refractivity contribution in [3.05, 3.63) is 48.0 Å². The van der Waals surface area contributed by atoms with E-state index in [2.05, 4.69) is 6.92 Å². The number of ether oxygens (including phenoxy) is 1. The Morgan fingerprint density at radius 1 is 0.862 bits per heavy atom. The number of unbranched alkanes of at least 4 members (excludes halogenated alkanes) is 7. The maximum Gasteiger partial charge on any atom is 1.00 e. The molecule has 2 aromatic rings. The molecule has 154 valence electrons. The zero-order valence-corrected chi connectivity index (χ0v) is 20.2. The number of benzene rings is 2. The van der Waals surface area contributed by atoms with Gasteiger partial charge in [-0.05, 0) is 36.6 Å². The van der Waals surface area contributed by atoms with Gasteiger partial charge in [0.1, 0.15) is 11.5 Å². The number of aryl methyl sites for hydroxylation is 1. The topological polar surface area (TPSA) is 86.7 Å². The van der Waals surface area contributed by atoms with Crippen LogP contribution in [0.2, 0.25) is 0 Å². The van der Waals surface area contributed by atoms with Gasteiger partial charge >= 0.3 is 29.6 Å². The van der Waals surface area contributed by atoms with Crippen LogP contribution < -0.4 is 39.4 Å². The van der Waals surface area contributed by atoms with Gasteiger partial charge in [0.2, 0.25) is 0 Å². The molecule has 0 aliphatic rings. The third kappa shape index (κ3) is 9.53. The molecule has 0 aliphatic heterocycles. The minimum absolute atomic E-state index is 0. The Morgan fingerprint density at radius 2 is 1.41 bits per heavy atom. The Morgan fingerprint density at radius 3 is 2.00 bits per heavy atom. The zero-order chi connectivity index (χ0) is 20.4. The van der Waals surface area contributed by atoms with Crippen molar-refractivity contribution in [1.29, 1.82) is 0 Å². The van der Waals surface area contributed by atoms with Crippen molar-refractivity contribution in [3.8, 4) is 17.2 Å². The summed E-state index contributed by atoms with van der Waals surface area (Å²) >= 11 is 0. The first-order valence-electron chi connectivity index (χ1n) is 9.95. The van der Waals surface area contributed by atoms with Gasteiger partial charge in [0.25, 0.3) is 10.1 Å². The largest absolute Gasteiger partial charge is 1.00 e. The predicted molar refractivity (Wildman–Crippen MR) is 109 cm³/mol. The Balaban J connectivity index is 0.00000420. The minimum Gasteiger partial charge on any atom is -0.872 e. The second-order valence-electron chi connectivity index (χ2n) is 7.05. The summed E-state index contributed by atoms with van der Waals surface area (Å²) in [6.07, 6.45) is 11.3. The summed E-state index contributed by atoms with van der Waals surface area (Å²) in [7, 11) is -4.57. The van der Waals surface area contributed by atoms with Gasteiger partial charge in [-0.1, -0.05) is 75.8 Å². The van der Waals surface area contributed by atoms with E-state index in [4.69, 9.17) is 9.29 Å². The molecule has 7 heteroatoms. The van der Waals surface area contributed by atoms with Crippen LogP contribution >= 0.6 is 0 Å². The molecule has 0 saturated carbocycles. The van der Waals surface area contributed by atoms with E-state index >= 15 is 0 Å². The third-order valence-corrected chi connectivity index (χ3v) is 5.55. The van der Waals surface area contributed by atoms with Crippen LogP contribution in [0.15, 0.2) is 47.4 Å². The van der Waals surface area contributed by atoms with Crippen LogP contribution in [0.25, 0.3) is 0 Å². The van der Waals surface area contributed by atoms with E-state index in [-0.39, 0.29) is 35.3 Å². The van der Waals surface area contributed by atoms with E-state index in [1.165, 1.54) is 56.6 Å². The molecule has 0 aliphatic carbocycles. The number of rotatable bonds is 12. The maximum atomic E-state index is 11.5. The average molecular weight is 429 g/mol. The second kappa shape index (κ2) is 13.3. The Labute approximate surface area is 196 Å². The minimum atomic E-state index is -4.57. The molecule has 0 spiro atoms. The molecular formula is C22H29NaO5S. The summed E-state index contributed by atoms with van der Waals surface area (Å²) in [5.74, 6) is -0.0433. The molecule has 0 fully saturated rings. The fraction of sp³-hybridized carbons (Fsp3) is 0.455. The van der Waals surface area contributed by atoms with Crippen LogP contribution in [0.4, 0.5) is 0 Å². The summed E-state index contributed by atoms with van der Waals surface area (Å²) in [5, 5.41) is 11.5. The van der Waals surface area contributed by atoms with Crippen LogP contribution in [-0.4, -0.2) is 13.0 Å². The van der Waals surface area contributed by atoms with E-state index in [1.54, 1.807) is 0 Å². The van der Waals surface area contributed by atoms with Crippen molar-refractivity contribution in [2.45, 2.75) is 69.6 Å². The molecule has 0 heterocycles. The molecule has 0 atom stereocenters. The normalized spacial score (nSPS) is 11.1. The monoisotopic (exact) mass is 428 g/mol. The third-order valence-electron chi connectivity index (χ3n) is 4.67. The van der Waals surface area contributed by atoms with Crippen molar-refractivity contribution in [3.63, 3.8) is 0 Å². The molecule has 0 bridgehead atoms. The van der Waals surface area contributed by atoms with Crippen LogP contribution in [0.5, 0.6) is 17.2 Å². The van der Waals surface area contributed by atoms with Gasteiger partial charge in [-0.3, -0.25) is 4.55 Å². The quantitative estimate of drug-likeness (QED) is 0.319. The Hall–Kier alpha value is -1.05. The van der Waals surface area contributed by atoms with Crippen LogP contribution in [-0.2, 0) is 16.5 Å². The molecule has 1 N–H and O–H groups in total. The molecule has 0 unspecified atom stereocenters. The Kier molecular flexibility index (Phi) is 11.9. The molecule has 0 amide bonds. The van der Waals surface area contributed by atoms with E-state index in [9.17, 15) is 13.5 Å². The van der Waals surface area contributed by atoms with Gasteiger partial charge in [0, 0.05) is 6.07 Å². The first-order chi connectivity index (χ1) is 13.4. The van der Waals surface area contributed by atoms with Gasteiger partial charge in [-0.25, -0.2) is 0 Å². The van der Waals surface area contributed by atoms with E-state index in [0.29, 0.717) is 5.75 Å². The molecule has 2 aromatic carbocycles. The predicted octanol–water partition coefficient (Wildman–Crippen LogP) is 2.49. The van der Waals surface area contributed by atoms with Crippen molar-refractivity contribution in [2.75, 3.05) is 0 Å².